The SMILES string of the molecule is CC[C@@]1(c2cccc(Oc3cc(C(C)(NC(=O)NC)c4cncn4C)ccc3C#N)c2)CCCCN(C)C1=O. The summed E-state index contributed by atoms with van der Waals surface area (Å²) in [7, 11) is 5.28. The number of urea groups is 1. The van der Waals surface area contributed by atoms with Crippen molar-refractivity contribution in [2.75, 3.05) is 20.6 Å². The minimum atomic E-state index is -0.969. The van der Waals surface area contributed by atoms with Gasteiger partial charge in [0.1, 0.15) is 23.1 Å². The van der Waals surface area contributed by atoms with Crippen LogP contribution in [0.5, 0.6) is 11.5 Å². The average molecular weight is 529 g/mol. The molecule has 1 fully saturated rings. The van der Waals surface area contributed by atoms with Crippen LogP contribution in [-0.4, -0.2) is 47.0 Å². The molecule has 1 aliphatic heterocycles. The second-order valence-corrected chi connectivity index (χ2v) is 10.3. The molecule has 9 nitrogen and oxygen atoms in total. The summed E-state index contributed by atoms with van der Waals surface area (Å²) in [6.07, 6.45) is 6.79. The summed E-state index contributed by atoms with van der Waals surface area (Å²) in [6, 6.07) is 14.7. The number of carbonyl (C=O) groups excluding carboxylic acids is 2. The highest BCUT2D eigenvalue weighted by Gasteiger charge is 2.41. The first-order chi connectivity index (χ1) is 18.7. The van der Waals surface area contributed by atoms with E-state index in [-0.39, 0.29) is 11.9 Å². The maximum absolute atomic E-state index is 13.5. The highest BCUT2D eigenvalue weighted by Crippen LogP contribution is 2.40. The Morgan fingerprint density at radius 1 is 1.23 bits per heavy atom. The lowest BCUT2D eigenvalue weighted by molar-refractivity contribution is -0.135. The van der Waals surface area contributed by atoms with E-state index in [9.17, 15) is 14.9 Å². The zero-order chi connectivity index (χ0) is 28.2. The first-order valence-corrected chi connectivity index (χ1v) is 13.2. The third kappa shape index (κ3) is 5.19. The largest absolute Gasteiger partial charge is 0.456 e. The fraction of sp³-hybridized carbons (Fsp3) is 0.400. The number of rotatable bonds is 7. The van der Waals surface area contributed by atoms with E-state index in [0.717, 1.165) is 37.1 Å². The Morgan fingerprint density at radius 3 is 2.69 bits per heavy atom. The van der Waals surface area contributed by atoms with Crippen molar-refractivity contribution in [3.8, 4) is 17.6 Å². The molecule has 0 saturated carbocycles. The zero-order valence-corrected chi connectivity index (χ0v) is 23.2. The fourth-order valence-corrected chi connectivity index (χ4v) is 5.56. The van der Waals surface area contributed by atoms with Crippen LogP contribution >= 0.6 is 0 Å². The maximum atomic E-state index is 13.5. The van der Waals surface area contributed by atoms with Crippen molar-refractivity contribution < 1.29 is 14.3 Å². The number of likely N-dealkylation sites (tertiary alicyclic amines) is 1. The summed E-state index contributed by atoms with van der Waals surface area (Å²) in [5.41, 5.74) is 1.15. The van der Waals surface area contributed by atoms with Gasteiger partial charge in [-0.3, -0.25) is 4.79 Å². The summed E-state index contributed by atoms with van der Waals surface area (Å²) in [5, 5.41) is 15.5. The minimum Gasteiger partial charge on any atom is -0.456 e. The zero-order valence-electron chi connectivity index (χ0n) is 23.2. The second-order valence-electron chi connectivity index (χ2n) is 10.3. The van der Waals surface area contributed by atoms with Crippen molar-refractivity contribution in [2.24, 2.45) is 7.05 Å². The van der Waals surface area contributed by atoms with Gasteiger partial charge in [-0.15, -0.1) is 0 Å². The van der Waals surface area contributed by atoms with E-state index in [0.29, 0.717) is 29.0 Å². The van der Waals surface area contributed by atoms with Gasteiger partial charge in [0.05, 0.1) is 29.2 Å². The van der Waals surface area contributed by atoms with E-state index in [1.165, 1.54) is 0 Å². The fourth-order valence-electron chi connectivity index (χ4n) is 5.56. The van der Waals surface area contributed by atoms with Gasteiger partial charge in [0.2, 0.25) is 5.91 Å². The molecule has 1 aromatic heterocycles. The van der Waals surface area contributed by atoms with Gasteiger partial charge in [-0.2, -0.15) is 5.26 Å². The predicted molar refractivity (Wildman–Crippen MR) is 148 cm³/mol. The third-order valence-electron chi connectivity index (χ3n) is 7.92. The van der Waals surface area contributed by atoms with Crippen LogP contribution in [0.4, 0.5) is 4.79 Å². The molecule has 9 heteroatoms. The molecule has 1 saturated heterocycles. The van der Waals surface area contributed by atoms with Crippen LogP contribution in [0.15, 0.2) is 55.0 Å². The molecule has 2 aromatic carbocycles. The number of carbonyl (C=O) groups is 2. The van der Waals surface area contributed by atoms with Crippen LogP contribution in [0.2, 0.25) is 0 Å². The molecular formula is C30H36N6O3. The van der Waals surface area contributed by atoms with Gasteiger partial charge >= 0.3 is 6.03 Å². The summed E-state index contributed by atoms with van der Waals surface area (Å²) < 4.78 is 8.17. The normalized spacial score (nSPS) is 19.0. The number of nitriles is 1. The number of benzene rings is 2. The Hall–Kier alpha value is -4.32. The van der Waals surface area contributed by atoms with Gasteiger partial charge < -0.3 is 24.8 Å². The van der Waals surface area contributed by atoms with Crippen molar-refractivity contribution in [2.45, 2.75) is 50.5 Å². The van der Waals surface area contributed by atoms with Gasteiger partial charge in [-0.05, 0) is 61.6 Å². The Bertz CT molecular complexity index is 1410. The predicted octanol–water partition coefficient (Wildman–Crippen LogP) is 4.57. The van der Waals surface area contributed by atoms with E-state index in [4.69, 9.17) is 4.74 Å². The topological polar surface area (TPSA) is 112 Å². The van der Waals surface area contributed by atoms with Gasteiger partial charge in [0.15, 0.2) is 0 Å². The molecule has 4 rings (SSSR count). The molecule has 0 radical (unpaired) electrons. The van der Waals surface area contributed by atoms with Gasteiger partial charge in [-0.25, -0.2) is 9.78 Å². The van der Waals surface area contributed by atoms with Crippen molar-refractivity contribution in [1.29, 1.82) is 5.26 Å². The van der Waals surface area contributed by atoms with Gasteiger partial charge in [-0.1, -0.05) is 31.5 Å². The minimum absolute atomic E-state index is 0.131. The molecule has 204 valence electrons. The van der Waals surface area contributed by atoms with Crippen LogP contribution in [-0.2, 0) is 22.8 Å². The molecule has 0 aliphatic carbocycles. The monoisotopic (exact) mass is 528 g/mol. The summed E-state index contributed by atoms with van der Waals surface area (Å²) in [5.74, 6) is 1.02. The molecule has 3 aromatic rings. The van der Waals surface area contributed by atoms with Crippen LogP contribution in [0.3, 0.4) is 0 Å². The first kappa shape index (κ1) is 27.7. The molecule has 39 heavy (non-hydrogen) atoms. The van der Waals surface area contributed by atoms with E-state index < -0.39 is 11.0 Å². The number of hydrogen-bond acceptors (Lipinski definition) is 5. The van der Waals surface area contributed by atoms with Crippen molar-refractivity contribution in [1.82, 2.24) is 25.1 Å². The highest BCUT2D eigenvalue weighted by atomic mass is 16.5. The van der Waals surface area contributed by atoms with Gasteiger partial charge in [0, 0.05) is 27.7 Å². The molecular weight excluding hydrogens is 492 g/mol. The quantitative estimate of drug-likeness (QED) is 0.467. The number of nitrogens with zero attached hydrogens (tertiary/aromatic N) is 4. The van der Waals surface area contributed by atoms with Gasteiger partial charge in [0.25, 0.3) is 0 Å². The molecule has 0 bridgehead atoms. The van der Waals surface area contributed by atoms with Crippen LogP contribution in [0.25, 0.3) is 0 Å². The van der Waals surface area contributed by atoms with E-state index in [1.54, 1.807) is 37.8 Å². The summed E-state index contributed by atoms with van der Waals surface area (Å²) in [4.78, 5) is 32.0. The number of amides is 3. The van der Waals surface area contributed by atoms with Crippen LogP contribution in [0, 0.1) is 11.3 Å². The Labute approximate surface area is 229 Å². The molecule has 2 atom stereocenters. The number of aryl methyl sites for hydroxylation is 1. The summed E-state index contributed by atoms with van der Waals surface area (Å²) in [6.45, 7) is 4.69. The molecule has 1 unspecified atom stereocenters. The number of aromatic nitrogens is 2. The van der Waals surface area contributed by atoms with E-state index >= 15 is 0 Å². The lowest BCUT2D eigenvalue weighted by Gasteiger charge is -2.33. The van der Waals surface area contributed by atoms with Crippen LogP contribution in [0.1, 0.15) is 61.9 Å². The number of ether oxygens (including phenoxy) is 1. The molecule has 0 spiro atoms. The Morgan fingerprint density at radius 2 is 2.03 bits per heavy atom. The smallest absolute Gasteiger partial charge is 0.315 e. The summed E-state index contributed by atoms with van der Waals surface area (Å²) >= 11 is 0. The molecule has 2 N–H and O–H groups in total. The van der Waals surface area contributed by atoms with Crippen LogP contribution < -0.4 is 15.4 Å². The van der Waals surface area contributed by atoms with E-state index in [1.807, 2.05) is 54.8 Å². The number of likely N-dealkylation sites (N-methyl/N-ethyl adjacent to an activating group) is 1. The molecule has 2 heterocycles. The second kappa shape index (κ2) is 11.2. The Kier molecular flexibility index (Phi) is 7.95. The lowest BCUT2D eigenvalue weighted by Crippen LogP contribution is -2.48. The maximum Gasteiger partial charge on any atom is 0.315 e. The first-order valence-electron chi connectivity index (χ1n) is 13.2. The standard InChI is InChI=1S/C30H36N6O3/c1-6-30(14-7-8-15-35(4)27(30)37)23-10-9-11-24(16-23)39-25-17-22(13-12-21(25)18-31)29(2,34-28(38)32-3)26-19-33-20-36(26)5/h9-13,16-17,19-20H,6-8,14-15H2,1-5H3,(H2,32,34,38)/t29?,30-/m0/s1. The number of imidazole rings is 1. The number of hydrogen-bond donors (Lipinski definition) is 2. The molecule has 1 aliphatic rings. The van der Waals surface area contributed by atoms with Crippen molar-refractivity contribution >= 4 is 11.9 Å². The lowest BCUT2D eigenvalue weighted by atomic mass is 9.73. The van der Waals surface area contributed by atoms with Crippen molar-refractivity contribution in [3.05, 3.63) is 77.4 Å². The van der Waals surface area contributed by atoms with E-state index in [2.05, 4.69) is 28.6 Å². The third-order valence-corrected chi connectivity index (χ3v) is 7.92. The Balaban J connectivity index is 1.76. The highest BCUT2D eigenvalue weighted by molar-refractivity contribution is 5.88. The van der Waals surface area contributed by atoms with Crippen molar-refractivity contribution in [3.63, 3.8) is 0 Å². The average Bonchev–Trinajstić information content (AvgIpc) is 3.33. The molecule has 3 amide bonds. The number of nitrogens with one attached hydrogen (secondary N) is 2.